The smallest absolute Gasteiger partial charge is 0.311 e. The first-order valence-corrected chi connectivity index (χ1v) is 10.3. The molecule has 10 nitrogen and oxygen atoms in total. The lowest BCUT2D eigenvalue weighted by molar-refractivity contribution is -0.385. The summed E-state index contributed by atoms with van der Waals surface area (Å²) in [4.78, 5) is 21.9. The molecule has 2 atom stereocenters. The zero-order chi connectivity index (χ0) is 22.0. The maximum Gasteiger partial charge on any atom is 0.311 e. The first-order chi connectivity index (χ1) is 13.2. The van der Waals surface area contributed by atoms with Crippen molar-refractivity contribution in [3.63, 3.8) is 0 Å². The molecule has 0 spiro atoms. The summed E-state index contributed by atoms with van der Waals surface area (Å²) in [6.45, 7) is 7.90. The van der Waals surface area contributed by atoms with E-state index in [9.17, 15) is 23.3 Å². The summed E-state index contributed by atoms with van der Waals surface area (Å²) in [5.41, 5.74) is -1.19. The molecular weight excluding hydrogens is 406 g/mol. The number of nitro benzene ring substituents is 1. The molecule has 1 saturated heterocycles. The second-order valence-electron chi connectivity index (χ2n) is 8.06. The molecule has 29 heavy (non-hydrogen) atoms. The van der Waals surface area contributed by atoms with Gasteiger partial charge in [-0.1, -0.05) is 6.07 Å². The van der Waals surface area contributed by atoms with Gasteiger partial charge >= 0.3 is 5.97 Å². The van der Waals surface area contributed by atoms with Crippen LogP contribution in [0.2, 0.25) is 0 Å². The van der Waals surface area contributed by atoms with Crippen LogP contribution in [0, 0.1) is 15.5 Å². The molecule has 1 fully saturated rings. The van der Waals surface area contributed by atoms with Crippen molar-refractivity contribution in [2.75, 3.05) is 13.2 Å². The van der Waals surface area contributed by atoms with Crippen LogP contribution in [0.3, 0.4) is 0 Å². The number of nitro groups is 1. The molecule has 1 aliphatic heterocycles. The van der Waals surface area contributed by atoms with Gasteiger partial charge in [0.1, 0.15) is 23.7 Å². The zero-order valence-electron chi connectivity index (χ0n) is 16.9. The highest BCUT2D eigenvalue weighted by Crippen LogP contribution is 2.28. The number of carbonyl (C=O) groups is 1. The third-order valence-electron chi connectivity index (χ3n) is 4.00. The Morgan fingerprint density at radius 1 is 1.38 bits per heavy atom. The van der Waals surface area contributed by atoms with Crippen LogP contribution in [-0.2, 0) is 33.3 Å². The molecule has 0 aliphatic carbocycles. The van der Waals surface area contributed by atoms with Crippen molar-refractivity contribution in [3.8, 4) is 0 Å². The second kappa shape index (κ2) is 8.34. The van der Waals surface area contributed by atoms with Gasteiger partial charge in [-0.2, -0.15) is 8.42 Å². The number of ether oxygens (including phenoxy) is 3. The summed E-state index contributed by atoms with van der Waals surface area (Å²) in [6, 6.07) is 4.47. The van der Waals surface area contributed by atoms with Gasteiger partial charge in [-0.25, -0.2) is 0 Å². The van der Waals surface area contributed by atoms with Crippen molar-refractivity contribution in [2.45, 2.75) is 57.5 Å². The minimum atomic E-state index is -4.40. The van der Waals surface area contributed by atoms with Gasteiger partial charge < -0.3 is 14.2 Å². The van der Waals surface area contributed by atoms with E-state index < -0.39 is 61.6 Å². The van der Waals surface area contributed by atoms with Gasteiger partial charge in [-0.3, -0.25) is 19.1 Å². The monoisotopic (exact) mass is 431 g/mol. The summed E-state index contributed by atoms with van der Waals surface area (Å²) in [5.74, 6) is -1.51. The standard InChI is InChI=1S/C18H25NO9S/c1-17(2,3)16(20)25-10-15(14-11-26-18(4,5)27-14)28-29(23,24)13-8-6-7-12(9-13)19(21)22/h6-9,14-15H,10-11H2,1-5H3/t14-,15-/m0/s1. The molecule has 11 heteroatoms. The molecule has 0 N–H and O–H groups in total. The second-order valence-corrected chi connectivity index (χ2v) is 9.63. The Morgan fingerprint density at radius 2 is 2.03 bits per heavy atom. The largest absolute Gasteiger partial charge is 0.462 e. The number of non-ortho nitro benzene ring substituents is 1. The van der Waals surface area contributed by atoms with Crippen LogP contribution in [0.25, 0.3) is 0 Å². The molecule has 1 heterocycles. The maximum absolute atomic E-state index is 12.7. The van der Waals surface area contributed by atoms with E-state index in [1.165, 1.54) is 12.1 Å². The highest BCUT2D eigenvalue weighted by Gasteiger charge is 2.41. The van der Waals surface area contributed by atoms with Crippen LogP contribution in [0.5, 0.6) is 0 Å². The van der Waals surface area contributed by atoms with Crippen molar-refractivity contribution < 1.29 is 36.5 Å². The predicted molar refractivity (Wildman–Crippen MR) is 100 cm³/mol. The van der Waals surface area contributed by atoms with Gasteiger partial charge in [0.2, 0.25) is 0 Å². The van der Waals surface area contributed by atoms with E-state index in [1.807, 2.05) is 0 Å². The van der Waals surface area contributed by atoms with Gasteiger partial charge in [-0.05, 0) is 40.7 Å². The summed E-state index contributed by atoms with van der Waals surface area (Å²) in [5, 5.41) is 10.9. The van der Waals surface area contributed by atoms with Crippen molar-refractivity contribution in [1.82, 2.24) is 0 Å². The third kappa shape index (κ3) is 6.20. The van der Waals surface area contributed by atoms with Gasteiger partial charge in [0.15, 0.2) is 5.79 Å². The van der Waals surface area contributed by atoms with Crippen molar-refractivity contribution in [3.05, 3.63) is 34.4 Å². The number of esters is 1. The van der Waals surface area contributed by atoms with Crippen LogP contribution in [0.4, 0.5) is 5.69 Å². The molecule has 1 aromatic rings. The molecule has 2 rings (SSSR count). The topological polar surface area (TPSA) is 131 Å². The van der Waals surface area contributed by atoms with Gasteiger partial charge in [0, 0.05) is 12.1 Å². The predicted octanol–water partition coefficient (Wildman–Crippen LogP) is 2.41. The first kappa shape index (κ1) is 23.2. The van der Waals surface area contributed by atoms with Crippen molar-refractivity contribution in [1.29, 1.82) is 0 Å². The SMILES string of the molecule is CC1(C)OC[C@@H]([C@H](COC(=O)C(C)(C)C)OS(=O)(=O)c2cccc([N+](=O)[O-])c2)O1. The first-order valence-electron chi connectivity index (χ1n) is 8.88. The normalized spacial score (nSPS) is 20.2. The maximum atomic E-state index is 12.7. The number of hydrogen-bond acceptors (Lipinski definition) is 9. The summed E-state index contributed by atoms with van der Waals surface area (Å²) < 4.78 is 47.0. The fraction of sp³-hybridized carbons (Fsp3) is 0.611. The number of hydrogen-bond donors (Lipinski definition) is 0. The molecule has 162 valence electrons. The Kier molecular flexibility index (Phi) is 6.68. The molecule has 1 aromatic carbocycles. The van der Waals surface area contributed by atoms with Crippen molar-refractivity contribution >= 4 is 21.8 Å². The zero-order valence-corrected chi connectivity index (χ0v) is 17.7. The Balaban J connectivity index is 2.25. The highest BCUT2D eigenvalue weighted by molar-refractivity contribution is 7.86. The lowest BCUT2D eigenvalue weighted by Crippen LogP contribution is -2.40. The van der Waals surface area contributed by atoms with E-state index in [1.54, 1.807) is 34.6 Å². The van der Waals surface area contributed by atoms with Crippen LogP contribution in [-0.4, -0.2) is 50.5 Å². The molecule has 0 saturated carbocycles. The van der Waals surface area contributed by atoms with E-state index >= 15 is 0 Å². The summed E-state index contributed by atoms with van der Waals surface area (Å²) >= 11 is 0. The van der Waals surface area contributed by atoms with E-state index in [0.29, 0.717) is 0 Å². The third-order valence-corrected chi connectivity index (χ3v) is 5.34. The average Bonchev–Trinajstić information content (AvgIpc) is 2.97. The van der Waals surface area contributed by atoms with Crippen molar-refractivity contribution in [2.24, 2.45) is 5.41 Å². The van der Waals surface area contributed by atoms with Crippen LogP contribution < -0.4 is 0 Å². The Morgan fingerprint density at radius 3 is 2.55 bits per heavy atom. The van der Waals surface area contributed by atoms with Gasteiger partial charge in [0.25, 0.3) is 15.8 Å². The average molecular weight is 431 g/mol. The number of nitrogens with zero attached hydrogens (tertiary/aromatic N) is 1. The van der Waals surface area contributed by atoms with E-state index in [-0.39, 0.29) is 6.61 Å². The van der Waals surface area contributed by atoms with Crippen LogP contribution >= 0.6 is 0 Å². The number of carbonyl (C=O) groups excluding carboxylic acids is 1. The lowest BCUT2D eigenvalue weighted by atomic mass is 9.97. The molecule has 0 unspecified atom stereocenters. The molecule has 0 amide bonds. The quantitative estimate of drug-likeness (QED) is 0.276. The Bertz CT molecular complexity index is 874. The highest BCUT2D eigenvalue weighted by atomic mass is 32.2. The fourth-order valence-corrected chi connectivity index (χ4v) is 3.57. The van der Waals surface area contributed by atoms with Crippen LogP contribution in [0.1, 0.15) is 34.6 Å². The van der Waals surface area contributed by atoms with Gasteiger partial charge in [-0.15, -0.1) is 0 Å². The van der Waals surface area contributed by atoms with E-state index in [4.69, 9.17) is 18.4 Å². The molecule has 0 aromatic heterocycles. The molecule has 1 aliphatic rings. The van der Waals surface area contributed by atoms with Crippen LogP contribution in [0.15, 0.2) is 29.2 Å². The minimum Gasteiger partial charge on any atom is -0.462 e. The Labute approximate surface area is 169 Å². The Hall–Kier alpha value is -2.08. The van der Waals surface area contributed by atoms with E-state index in [2.05, 4.69) is 0 Å². The van der Waals surface area contributed by atoms with E-state index in [0.717, 1.165) is 12.1 Å². The summed E-state index contributed by atoms with van der Waals surface area (Å²) in [6.07, 6.45) is -2.03. The number of rotatable bonds is 7. The molecule has 0 bridgehead atoms. The van der Waals surface area contributed by atoms with Gasteiger partial charge in [0.05, 0.1) is 16.9 Å². The fourth-order valence-electron chi connectivity index (χ4n) is 2.44. The number of benzene rings is 1. The summed E-state index contributed by atoms with van der Waals surface area (Å²) in [7, 11) is -4.40. The molecule has 0 radical (unpaired) electrons. The lowest BCUT2D eigenvalue weighted by Gasteiger charge is -2.25. The minimum absolute atomic E-state index is 0.0230. The molecular formula is C18H25NO9S.